The van der Waals surface area contributed by atoms with Crippen molar-refractivity contribution in [2.75, 3.05) is 18.5 Å². The van der Waals surface area contributed by atoms with E-state index in [-0.39, 0.29) is 28.0 Å². The molecule has 0 saturated heterocycles. The van der Waals surface area contributed by atoms with Crippen molar-refractivity contribution in [2.45, 2.75) is 6.92 Å². The lowest BCUT2D eigenvalue weighted by molar-refractivity contribution is -0.119. The fourth-order valence-corrected chi connectivity index (χ4v) is 4.36. The van der Waals surface area contributed by atoms with Crippen LogP contribution < -0.4 is 10.6 Å². The standard InChI is InChI=1S/C22H20NO8PS/c1-2-30-22(26)17-12-18(14-6-4-3-5-7-14)33-20(17)23-19(24)13-31-21(25)15-8-10-16(11-9-15)32(27,28)29/h3-12H,2,13H2,1H3,(H,23,24)(H2,27,28,29). The number of anilines is 1. The predicted molar refractivity (Wildman–Crippen MR) is 123 cm³/mol. The van der Waals surface area contributed by atoms with Gasteiger partial charge in [-0.05, 0) is 42.8 Å². The fourth-order valence-electron chi connectivity index (χ4n) is 2.76. The second-order valence-electron chi connectivity index (χ2n) is 6.66. The lowest BCUT2D eigenvalue weighted by atomic mass is 10.1. The molecule has 1 aromatic heterocycles. The van der Waals surface area contributed by atoms with Crippen molar-refractivity contribution in [3.8, 4) is 10.4 Å². The molecule has 0 aliphatic rings. The largest absolute Gasteiger partial charge is 0.462 e. The molecule has 11 heteroatoms. The molecule has 0 radical (unpaired) electrons. The Morgan fingerprint density at radius 2 is 1.64 bits per heavy atom. The van der Waals surface area contributed by atoms with E-state index >= 15 is 0 Å². The van der Waals surface area contributed by atoms with E-state index in [0.717, 1.165) is 22.6 Å². The number of thiophene rings is 1. The summed E-state index contributed by atoms with van der Waals surface area (Å²) in [5.41, 5.74) is 1.07. The molecular weight excluding hydrogens is 469 g/mol. The Balaban J connectivity index is 1.69. The zero-order valence-corrected chi connectivity index (χ0v) is 19.1. The maximum absolute atomic E-state index is 12.4. The van der Waals surface area contributed by atoms with Gasteiger partial charge < -0.3 is 24.6 Å². The molecule has 9 nitrogen and oxygen atoms in total. The Labute approximate surface area is 193 Å². The van der Waals surface area contributed by atoms with Crippen molar-refractivity contribution in [2.24, 2.45) is 0 Å². The van der Waals surface area contributed by atoms with Crippen LogP contribution in [0.3, 0.4) is 0 Å². The SMILES string of the molecule is CCOC(=O)c1cc(-c2ccccc2)sc1NC(=O)COC(=O)c1ccc(P(=O)(O)O)cc1. The molecule has 3 rings (SSSR count). The Hall–Kier alpha value is -3.30. The summed E-state index contributed by atoms with van der Waals surface area (Å²) in [5.74, 6) is -2.10. The fraction of sp³-hybridized carbons (Fsp3) is 0.136. The topological polar surface area (TPSA) is 139 Å². The van der Waals surface area contributed by atoms with Gasteiger partial charge in [-0.25, -0.2) is 9.59 Å². The molecule has 0 aliphatic carbocycles. The van der Waals surface area contributed by atoms with Gasteiger partial charge in [0.05, 0.1) is 23.0 Å². The number of carbonyl (C=O) groups is 3. The summed E-state index contributed by atoms with van der Waals surface area (Å²) in [6.45, 7) is 1.22. The first-order valence-electron chi connectivity index (χ1n) is 9.68. The van der Waals surface area contributed by atoms with Gasteiger partial charge in [0, 0.05) is 4.88 Å². The van der Waals surface area contributed by atoms with Crippen LogP contribution in [0, 0.1) is 0 Å². The average Bonchev–Trinajstić information content (AvgIpc) is 3.21. The monoisotopic (exact) mass is 489 g/mol. The van der Waals surface area contributed by atoms with E-state index in [0.29, 0.717) is 0 Å². The molecule has 1 heterocycles. The van der Waals surface area contributed by atoms with Crippen molar-refractivity contribution in [1.29, 1.82) is 0 Å². The Bertz CT molecular complexity index is 1200. The molecule has 3 N–H and O–H groups in total. The van der Waals surface area contributed by atoms with Crippen molar-refractivity contribution in [1.82, 2.24) is 0 Å². The quantitative estimate of drug-likeness (QED) is 0.324. The maximum atomic E-state index is 12.4. The summed E-state index contributed by atoms with van der Waals surface area (Å²) in [7, 11) is -4.43. The molecule has 3 aromatic rings. The average molecular weight is 489 g/mol. The highest BCUT2D eigenvalue weighted by molar-refractivity contribution is 7.60. The molecule has 0 bridgehead atoms. The first-order valence-corrected chi connectivity index (χ1v) is 12.1. The molecule has 2 aromatic carbocycles. The van der Waals surface area contributed by atoms with E-state index in [1.54, 1.807) is 13.0 Å². The van der Waals surface area contributed by atoms with Crippen LogP contribution in [0.5, 0.6) is 0 Å². The first kappa shape index (κ1) is 24.3. The van der Waals surface area contributed by atoms with Gasteiger partial charge in [-0.2, -0.15) is 0 Å². The summed E-state index contributed by atoms with van der Waals surface area (Å²) >= 11 is 1.18. The number of hydrogen-bond donors (Lipinski definition) is 3. The van der Waals surface area contributed by atoms with Crippen molar-refractivity contribution < 1.29 is 38.2 Å². The summed E-state index contributed by atoms with van der Waals surface area (Å²) in [5, 5.41) is 2.60. The molecule has 1 amide bonds. The number of carbonyl (C=O) groups excluding carboxylic acids is 3. The number of hydrogen-bond acceptors (Lipinski definition) is 7. The smallest absolute Gasteiger partial charge is 0.356 e. The molecule has 0 fully saturated rings. The minimum absolute atomic E-state index is 0.0229. The van der Waals surface area contributed by atoms with Crippen LogP contribution >= 0.6 is 18.9 Å². The summed E-state index contributed by atoms with van der Waals surface area (Å²) < 4.78 is 21.2. The van der Waals surface area contributed by atoms with Crippen molar-refractivity contribution >= 4 is 47.1 Å². The molecule has 0 unspecified atom stereocenters. The number of ether oxygens (including phenoxy) is 2. The van der Waals surface area contributed by atoms with Crippen molar-refractivity contribution in [3.63, 3.8) is 0 Å². The maximum Gasteiger partial charge on any atom is 0.356 e. The normalized spacial score (nSPS) is 11.0. The van der Waals surface area contributed by atoms with Gasteiger partial charge in [-0.15, -0.1) is 11.3 Å². The highest BCUT2D eigenvalue weighted by Crippen LogP contribution is 2.36. The van der Waals surface area contributed by atoms with Crippen LogP contribution in [0.25, 0.3) is 10.4 Å². The van der Waals surface area contributed by atoms with E-state index in [1.807, 2.05) is 30.3 Å². The van der Waals surface area contributed by atoms with Crippen LogP contribution in [-0.2, 0) is 18.8 Å². The molecule has 33 heavy (non-hydrogen) atoms. The zero-order valence-electron chi connectivity index (χ0n) is 17.4. The highest BCUT2D eigenvalue weighted by atomic mass is 32.1. The van der Waals surface area contributed by atoms with Gasteiger partial charge in [-0.3, -0.25) is 9.36 Å². The second-order valence-corrected chi connectivity index (χ2v) is 9.31. The van der Waals surface area contributed by atoms with Crippen LogP contribution in [0.15, 0.2) is 60.7 Å². The highest BCUT2D eigenvalue weighted by Gasteiger charge is 2.21. The third-order valence-corrected chi connectivity index (χ3v) is 6.38. The zero-order chi connectivity index (χ0) is 24.0. The third-order valence-electron chi connectivity index (χ3n) is 4.31. The summed E-state index contributed by atoms with van der Waals surface area (Å²) in [4.78, 5) is 55.8. The lowest BCUT2D eigenvalue weighted by Crippen LogP contribution is -2.21. The van der Waals surface area contributed by atoms with E-state index < -0.39 is 32.0 Å². The number of rotatable bonds is 8. The molecule has 0 saturated carbocycles. The van der Waals surface area contributed by atoms with E-state index in [1.165, 1.54) is 23.5 Å². The van der Waals surface area contributed by atoms with Gasteiger partial charge in [0.1, 0.15) is 5.00 Å². The number of benzene rings is 2. The predicted octanol–water partition coefficient (Wildman–Crippen LogP) is 3.19. The number of nitrogens with one attached hydrogen (secondary N) is 1. The number of esters is 2. The van der Waals surface area contributed by atoms with E-state index in [9.17, 15) is 18.9 Å². The number of amides is 1. The molecular formula is C22H20NO8PS. The van der Waals surface area contributed by atoms with Crippen molar-refractivity contribution in [3.05, 3.63) is 71.8 Å². The van der Waals surface area contributed by atoms with Gasteiger partial charge in [-0.1, -0.05) is 30.3 Å². The van der Waals surface area contributed by atoms with Crippen LogP contribution in [0.2, 0.25) is 0 Å². The Morgan fingerprint density at radius 3 is 2.24 bits per heavy atom. The molecule has 0 spiro atoms. The first-order chi connectivity index (χ1) is 15.7. The minimum atomic E-state index is -4.43. The van der Waals surface area contributed by atoms with Crippen LogP contribution in [0.1, 0.15) is 27.6 Å². The Morgan fingerprint density at radius 1 is 0.970 bits per heavy atom. The van der Waals surface area contributed by atoms with Gasteiger partial charge in [0.25, 0.3) is 5.91 Å². The molecule has 172 valence electrons. The summed E-state index contributed by atoms with van der Waals surface area (Å²) in [6, 6.07) is 15.5. The lowest BCUT2D eigenvalue weighted by Gasteiger charge is -2.08. The van der Waals surface area contributed by atoms with Crippen LogP contribution in [-0.4, -0.2) is 40.8 Å². The van der Waals surface area contributed by atoms with Gasteiger partial charge in [0.15, 0.2) is 6.61 Å². The summed E-state index contributed by atoms with van der Waals surface area (Å²) in [6.07, 6.45) is 0. The minimum Gasteiger partial charge on any atom is -0.462 e. The Kier molecular flexibility index (Phi) is 7.78. The van der Waals surface area contributed by atoms with Gasteiger partial charge >= 0.3 is 19.5 Å². The third kappa shape index (κ3) is 6.36. The van der Waals surface area contributed by atoms with E-state index in [2.05, 4.69) is 5.32 Å². The second kappa shape index (κ2) is 10.5. The molecule has 0 atom stereocenters. The van der Waals surface area contributed by atoms with Gasteiger partial charge in [0.2, 0.25) is 0 Å². The van der Waals surface area contributed by atoms with E-state index in [4.69, 9.17) is 19.3 Å². The molecule has 0 aliphatic heterocycles. The van der Waals surface area contributed by atoms with Crippen LogP contribution in [0.4, 0.5) is 5.00 Å².